The average Bonchev–Trinajstić information content (AvgIpc) is 2.55. The molecule has 0 aromatic heterocycles. The molecule has 0 spiro atoms. The zero-order valence-electron chi connectivity index (χ0n) is 16.1. The monoisotopic (exact) mass is 342 g/mol. The molecule has 0 heterocycles. The van der Waals surface area contributed by atoms with E-state index in [0.29, 0.717) is 6.42 Å². The number of unbranched alkanes of at least 4 members (excludes halogenated alkanes) is 12. The Labute approximate surface area is 150 Å². The van der Waals surface area contributed by atoms with Crippen molar-refractivity contribution < 1.29 is 9.53 Å². The molecule has 0 saturated heterocycles. The topological polar surface area (TPSA) is 78.3 Å². The van der Waals surface area contributed by atoms with Crippen LogP contribution in [0.25, 0.3) is 0 Å². The summed E-state index contributed by atoms with van der Waals surface area (Å²) < 4.78 is 5.14. The van der Waals surface area contributed by atoms with Crippen LogP contribution < -0.4 is 11.5 Å². The first-order valence-electron chi connectivity index (χ1n) is 10.4. The van der Waals surface area contributed by atoms with Crippen LogP contribution in [-0.2, 0) is 9.53 Å². The fraction of sp³-hybridized carbons (Fsp3) is 0.950. The van der Waals surface area contributed by atoms with Crippen molar-refractivity contribution in [1.82, 2.24) is 0 Å². The molecule has 0 fully saturated rings. The third-order valence-corrected chi connectivity index (χ3v) is 4.43. The first-order valence-corrected chi connectivity index (χ1v) is 10.4. The molecule has 4 heteroatoms. The SMILES string of the molecule is CCCC(=O)OC(N)CCCCCCCCCCCCCCCN. The average molecular weight is 343 g/mol. The quantitative estimate of drug-likeness (QED) is 0.208. The van der Waals surface area contributed by atoms with Gasteiger partial charge in [-0.25, -0.2) is 0 Å². The predicted octanol–water partition coefficient (Wildman–Crippen LogP) is 5.03. The molecular formula is C20H42N2O2. The molecule has 0 rings (SSSR count). The normalized spacial score (nSPS) is 12.3. The Hall–Kier alpha value is -0.610. The summed E-state index contributed by atoms with van der Waals surface area (Å²) in [5.41, 5.74) is 11.3. The van der Waals surface area contributed by atoms with E-state index >= 15 is 0 Å². The highest BCUT2D eigenvalue weighted by atomic mass is 16.6. The summed E-state index contributed by atoms with van der Waals surface area (Å²) in [7, 11) is 0. The van der Waals surface area contributed by atoms with Gasteiger partial charge in [0.05, 0.1) is 0 Å². The minimum atomic E-state index is -0.408. The molecular weight excluding hydrogens is 300 g/mol. The number of hydrogen-bond donors (Lipinski definition) is 2. The summed E-state index contributed by atoms with van der Waals surface area (Å²) in [6, 6.07) is 0. The van der Waals surface area contributed by atoms with E-state index in [4.69, 9.17) is 16.2 Å². The summed E-state index contributed by atoms with van der Waals surface area (Å²) >= 11 is 0. The van der Waals surface area contributed by atoms with Gasteiger partial charge in [-0.2, -0.15) is 0 Å². The summed E-state index contributed by atoms with van der Waals surface area (Å²) in [6.07, 6.45) is 18.6. The van der Waals surface area contributed by atoms with Crippen molar-refractivity contribution >= 4 is 5.97 Å². The molecule has 0 radical (unpaired) electrons. The molecule has 0 amide bonds. The molecule has 4 N–H and O–H groups in total. The summed E-state index contributed by atoms with van der Waals surface area (Å²) in [5.74, 6) is -0.163. The Morgan fingerprint density at radius 2 is 1.21 bits per heavy atom. The van der Waals surface area contributed by atoms with E-state index in [-0.39, 0.29) is 5.97 Å². The number of rotatable bonds is 18. The molecule has 144 valence electrons. The van der Waals surface area contributed by atoms with E-state index in [0.717, 1.165) is 25.8 Å². The van der Waals surface area contributed by atoms with E-state index in [1.165, 1.54) is 77.0 Å². The Morgan fingerprint density at radius 3 is 1.62 bits per heavy atom. The number of ether oxygens (including phenoxy) is 1. The Morgan fingerprint density at radius 1 is 0.792 bits per heavy atom. The van der Waals surface area contributed by atoms with E-state index in [2.05, 4.69) is 0 Å². The van der Waals surface area contributed by atoms with Gasteiger partial charge in [-0.15, -0.1) is 0 Å². The molecule has 0 aliphatic rings. The number of esters is 1. The van der Waals surface area contributed by atoms with Crippen molar-refractivity contribution in [2.24, 2.45) is 11.5 Å². The van der Waals surface area contributed by atoms with Crippen LogP contribution in [0.3, 0.4) is 0 Å². The highest BCUT2D eigenvalue weighted by Gasteiger charge is 2.08. The van der Waals surface area contributed by atoms with Gasteiger partial charge >= 0.3 is 5.97 Å². The Balaban J connectivity index is 3.16. The van der Waals surface area contributed by atoms with Gasteiger partial charge in [0.25, 0.3) is 0 Å². The molecule has 4 nitrogen and oxygen atoms in total. The van der Waals surface area contributed by atoms with Gasteiger partial charge in [0.2, 0.25) is 0 Å². The second-order valence-corrected chi connectivity index (χ2v) is 6.95. The van der Waals surface area contributed by atoms with Gasteiger partial charge in [-0.05, 0) is 32.2 Å². The molecule has 1 atom stereocenters. The first-order chi connectivity index (χ1) is 11.7. The second-order valence-electron chi connectivity index (χ2n) is 6.95. The van der Waals surface area contributed by atoms with Crippen LogP contribution >= 0.6 is 0 Å². The van der Waals surface area contributed by atoms with Gasteiger partial charge in [0, 0.05) is 6.42 Å². The minimum absolute atomic E-state index is 0.163. The van der Waals surface area contributed by atoms with E-state index in [9.17, 15) is 4.79 Å². The molecule has 1 unspecified atom stereocenters. The van der Waals surface area contributed by atoms with E-state index in [1.54, 1.807) is 0 Å². The van der Waals surface area contributed by atoms with Crippen molar-refractivity contribution in [2.75, 3.05) is 6.54 Å². The van der Waals surface area contributed by atoms with E-state index in [1.807, 2.05) is 6.92 Å². The second kappa shape index (κ2) is 18.7. The molecule has 24 heavy (non-hydrogen) atoms. The molecule has 0 aliphatic heterocycles. The van der Waals surface area contributed by atoms with Crippen LogP contribution in [0.2, 0.25) is 0 Å². The highest BCUT2D eigenvalue weighted by Crippen LogP contribution is 2.13. The fourth-order valence-corrected chi connectivity index (χ4v) is 2.93. The van der Waals surface area contributed by atoms with Gasteiger partial charge < -0.3 is 10.5 Å². The highest BCUT2D eigenvalue weighted by molar-refractivity contribution is 5.69. The molecule has 0 saturated carbocycles. The Kier molecular flexibility index (Phi) is 18.2. The zero-order valence-corrected chi connectivity index (χ0v) is 16.1. The lowest BCUT2D eigenvalue weighted by Gasteiger charge is -2.12. The predicted molar refractivity (Wildman–Crippen MR) is 103 cm³/mol. The minimum Gasteiger partial charge on any atom is -0.447 e. The zero-order chi connectivity index (χ0) is 17.9. The molecule has 0 aliphatic carbocycles. The number of hydrogen-bond acceptors (Lipinski definition) is 4. The largest absolute Gasteiger partial charge is 0.447 e. The lowest BCUT2D eigenvalue weighted by atomic mass is 10.0. The van der Waals surface area contributed by atoms with Crippen LogP contribution in [0.15, 0.2) is 0 Å². The maximum absolute atomic E-state index is 11.3. The van der Waals surface area contributed by atoms with Crippen molar-refractivity contribution in [3.8, 4) is 0 Å². The number of carbonyl (C=O) groups is 1. The smallest absolute Gasteiger partial charge is 0.307 e. The lowest BCUT2D eigenvalue weighted by molar-refractivity contribution is -0.149. The third-order valence-electron chi connectivity index (χ3n) is 4.43. The van der Waals surface area contributed by atoms with Crippen molar-refractivity contribution in [3.63, 3.8) is 0 Å². The maximum atomic E-state index is 11.3. The van der Waals surface area contributed by atoms with Crippen molar-refractivity contribution in [2.45, 2.75) is 116 Å². The fourth-order valence-electron chi connectivity index (χ4n) is 2.93. The maximum Gasteiger partial charge on any atom is 0.307 e. The Bertz CT molecular complexity index is 272. The van der Waals surface area contributed by atoms with Gasteiger partial charge in [-0.1, -0.05) is 77.6 Å². The number of nitrogens with two attached hydrogens (primary N) is 2. The van der Waals surface area contributed by atoms with Gasteiger partial charge in [0.15, 0.2) is 6.23 Å². The summed E-state index contributed by atoms with van der Waals surface area (Å²) in [4.78, 5) is 11.3. The lowest BCUT2D eigenvalue weighted by Crippen LogP contribution is -2.26. The van der Waals surface area contributed by atoms with Crippen LogP contribution in [0, 0.1) is 0 Å². The third kappa shape index (κ3) is 17.7. The standard InChI is InChI=1S/C20H42N2O2/c1-2-16-20(23)24-19(22)17-14-12-10-8-6-4-3-5-7-9-11-13-15-18-21/h19H,2-18,21-22H2,1H3. The molecule has 0 bridgehead atoms. The number of carbonyl (C=O) groups excluding carboxylic acids is 1. The van der Waals surface area contributed by atoms with Crippen molar-refractivity contribution in [1.29, 1.82) is 0 Å². The van der Waals surface area contributed by atoms with E-state index < -0.39 is 6.23 Å². The summed E-state index contributed by atoms with van der Waals surface area (Å²) in [6.45, 7) is 2.81. The van der Waals surface area contributed by atoms with Crippen LogP contribution in [0.4, 0.5) is 0 Å². The summed E-state index contributed by atoms with van der Waals surface area (Å²) in [5, 5.41) is 0. The molecule has 0 aromatic rings. The van der Waals surface area contributed by atoms with Crippen LogP contribution in [0.1, 0.15) is 110 Å². The van der Waals surface area contributed by atoms with Crippen LogP contribution in [0.5, 0.6) is 0 Å². The van der Waals surface area contributed by atoms with Gasteiger partial charge in [0.1, 0.15) is 0 Å². The van der Waals surface area contributed by atoms with Gasteiger partial charge in [-0.3, -0.25) is 10.5 Å². The molecule has 0 aromatic carbocycles. The van der Waals surface area contributed by atoms with Crippen molar-refractivity contribution in [3.05, 3.63) is 0 Å². The first kappa shape index (κ1) is 23.4. The van der Waals surface area contributed by atoms with Crippen LogP contribution in [-0.4, -0.2) is 18.7 Å².